The van der Waals surface area contributed by atoms with Crippen molar-refractivity contribution in [3.05, 3.63) is 30.1 Å². The van der Waals surface area contributed by atoms with Gasteiger partial charge in [0.2, 0.25) is 11.8 Å². The Bertz CT molecular complexity index is 1490. The average Bonchev–Trinajstić information content (AvgIpc) is 3.79. The molecule has 4 fully saturated rings. The molecule has 11 nitrogen and oxygen atoms in total. The molecule has 7 rings (SSSR count). The maximum Gasteiger partial charge on any atom is 0.490 e. The number of rotatable bonds is 8. The fraction of sp³-hybridized carbons (Fsp3) is 0.657. The maximum atomic E-state index is 13.3. The van der Waals surface area contributed by atoms with Crippen LogP contribution in [0.4, 0.5) is 18.9 Å². The second-order valence-corrected chi connectivity index (χ2v) is 14.1. The summed E-state index contributed by atoms with van der Waals surface area (Å²) in [5, 5.41) is 18.5. The van der Waals surface area contributed by atoms with Gasteiger partial charge in [-0.3, -0.25) is 19.2 Å². The number of carbonyl (C=O) groups is 3. The van der Waals surface area contributed by atoms with E-state index >= 15 is 0 Å². The first-order valence-corrected chi connectivity index (χ1v) is 17.7. The van der Waals surface area contributed by atoms with Gasteiger partial charge >= 0.3 is 12.1 Å². The Morgan fingerprint density at radius 1 is 1.02 bits per heavy atom. The van der Waals surface area contributed by atoms with E-state index in [2.05, 4.69) is 50.4 Å². The number of nitrogens with zero attached hydrogens (tertiary/aromatic N) is 4. The summed E-state index contributed by atoms with van der Waals surface area (Å²) >= 11 is 0. The number of piperidine rings is 2. The third-order valence-electron chi connectivity index (χ3n) is 10.4. The van der Waals surface area contributed by atoms with Gasteiger partial charge in [-0.2, -0.15) is 18.3 Å². The van der Waals surface area contributed by atoms with Crippen LogP contribution < -0.4 is 20.3 Å². The van der Waals surface area contributed by atoms with Crippen molar-refractivity contribution in [1.29, 1.82) is 0 Å². The van der Waals surface area contributed by atoms with Crippen LogP contribution in [0, 0.1) is 5.92 Å². The van der Waals surface area contributed by atoms with Gasteiger partial charge in [0.1, 0.15) is 5.75 Å². The van der Waals surface area contributed by atoms with Crippen molar-refractivity contribution in [2.45, 2.75) is 108 Å². The van der Waals surface area contributed by atoms with E-state index in [9.17, 15) is 22.8 Å². The molecular formula is C35H47F3N6O5. The minimum absolute atomic E-state index is 0.153. The van der Waals surface area contributed by atoms with Crippen LogP contribution >= 0.6 is 0 Å². The number of benzene rings is 1. The second-order valence-electron chi connectivity index (χ2n) is 14.1. The highest BCUT2D eigenvalue weighted by atomic mass is 19.4. The molecule has 1 aromatic carbocycles. The van der Waals surface area contributed by atoms with Gasteiger partial charge in [0.15, 0.2) is 0 Å². The highest BCUT2D eigenvalue weighted by Gasteiger charge is 2.40. The number of fused-ring (bicyclic) bond motifs is 1. The second kappa shape index (κ2) is 15.1. The molecule has 2 amide bonds. The van der Waals surface area contributed by atoms with Crippen LogP contribution in [0.3, 0.4) is 0 Å². The summed E-state index contributed by atoms with van der Waals surface area (Å²) in [5.41, 5.74) is 4.41. The Balaban J connectivity index is 0.000000540. The highest BCUT2D eigenvalue weighted by molar-refractivity contribution is 5.99. The Hall–Kier alpha value is -3.65. The van der Waals surface area contributed by atoms with Crippen molar-refractivity contribution in [3.63, 3.8) is 0 Å². The lowest BCUT2D eigenvalue weighted by Gasteiger charge is -2.38. The van der Waals surface area contributed by atoms with Crippen molar-refractivity contribution in [1.82, 2.24) is 25.3 Å². The van der Waals surface area contributed by atoms with Gasteiger partial charge in [-0.05, 0) is 103 Å². The molecule has 49 heavy (non-hydrogen) atoms. The molecule has 1 aromatic heterocycles. The molecule has 0 spiro atoms. The predicted octanol–water partition coefficient (Wildman–Crippen LogP) is 4.70. The minimum atomic E-state index is -5.08. The predicted molar refractivity (Wildman–Crippen MR) is 176 cm³/mol. The topological polar surface area (TPSA) is 129 Å². The first-order valence-electron chi connectivity index (χ1n) is 17.7. The zero-order valence-corrected chi connectivity index (χ0v) is 28.0. The molecule has 2 aliphatic carbocycles. The van der Waals surface area contributed by atoms with Crippen LogP contribution in [0.25, 0.3) is 11.1 Å². The van der Waals surface area contributed by atoms with E-state index in [0.29, 0.717) is 18.6 Å². The standard InChI is InChI=1S/C33H46N6O3.C2HF3O2/c1-22-5-8-29-30(39(22)33(41)23-6-7-23)10-9-28(32(29)42-27-3-2-4-27)24-19-35-38(20-24)26-13-17-37(18-14-26)21-31(40)36-25-11-15-34-16-12-25;3-2(4,5)1(6)7/h9-10,19-20,22-23,25-27,34H,2-8,11-18,21H2,1H3,(H,36,40);(H,6,7)/t22-;/m0./s1. The molecule has 2 saturated carbocycles. The Morgan fingerprint density at radius 3 is 2.33 bits per heavy atom. The normalized spacial score (nSPS) is 22.4. The van der Waals surface area contributed by atoms with Gasteiger partial charge in [-0.15, -0.1) is 0 Å². The zero-order chi connectivity index (χ0) is 34.7. The molecule has 3 aliphatic heterocycles. The number of anilines is 1. The lowest BCUT2D eigenvalue weighted by Crippen LogP contribution is -2.47. The third kappa shape index (κ3) is 8.57. The molecule has 4 heterocycles. The molecule has 268 valence electrons. The van der Waals surface area contributed by atoms with Gasteiger partial charge in [0.05, 0.1) is 30.6 Å². The SMILES string of the molecule is C[C@H]1CCc2c(ccc(-c3cnn(C4CCN(CC(=O)NC5CCNCC5)CC4)c3)c2OC2CCC2)N1C(=O)C1CC1.O=C(O)C(F)(F)F. The number of ether oxygens (including phenoxy) is 1. The maximum absolute atomic E-state index is 13.3. The number of carbonyl (C=O) groups excluding carboxylic acids is 2. The number of carboxylic acid groups (broad SMARTS) is 1. The molecule has 0 unspecified atom stereocenters. The zero-order valence-electron chi connectivity index (χ0n) is 28.0. The van der Waals surface area contributed by atoms with E-state index in [1.807, 2.05) is 6.20 Å². The first kappa shape index (κ1) is 35.2. The van der Waals surface area contributed by atoms with Gasteiger partial charge in [-0.25, -0.2) is 4.79 Å². The minimum Gasteiger partial charge on any atom is -0.489 e. The Kier molecular flexibility index (Phi) is 10.8. The number of hydrogen-bond acceptors (Lipinski definition) is 7. The number of likely N-dealkylation sites (tertiary alicyclic amines) is 1. The van der Waals surface area contributed by atoms with E-state index in [1.165, 1.54) is 12.0 Å². The molecule has 5 aliphatic rings. The fourth-order valence-corrected chi connectivity index (χ4v) is 7.15. The van der Waals surface area contributed by atoms with Gasteiger partial charge in [0.25, 0.3) is 0 Å². The summed E-state index contributed by atoms with van der Waals surface area (Å²) in [5.74, 6) is -1.16. The number of nitrogens with one attached hydrogen (secondary N) is 2. The van der Waals surface area contributed by atoms with Crippen molar-refractivity contribution in [3.8, 4) is 16.9 Å². The molecule has 0 bridgehead atoms. The molecule has 1 atom stereocenters. The monoisotopic (exact) mass is 688 g/mol. The summed E-state index contributed by atoms with van der Waals surface area (Å²) in [6.45, 7) is 6.44. The van der Waals surface area contributed by atoms with Crippen LogP contribution in [0.5, 0.6) is 5.75 Å². The number of amides is 2. The van der Waals surface area contributed by atoms with E-state index in [4.69, 9.17) is 19.7 Å². The number of hydrogen-bond donors (Lipinski definition) is 3. The average molecular weight is 689 g/mol. The van der Waals surface area contributed by atoms with Crippen LogP contribution in [0.2, 0.25) is 0 Å². The number of alkyl halides is 3. The highest BCUT2D eigenvalue weighted by Crippen LogP contribution is 2.46. The number of halogens is 3. The smallest absolute Gasteiger partial charge is 0.489 e. The molecule has 14 heteroatoms. The molecule has 2 saturated heterocycles. The third-order valence-corrected chi connectivity index (χ3v) is 10.4. The largest absolute Gasteiger partial charge is 0.490 e. The number of aromatic nitrogens is 2. The number of aliphatic carboxylic acids is 1. The lowest BCUT2D eigenvalue weighted by molar-refractivity contribution is -0.192. The molecule has 0 radical (unpaired) electrons. The van der Waals surface area contributed by atoms with Gasteiger partial charge < -0.3 is 25.4 Å². The lowest BCUT2D eigenvalue weighted by atomic mass is 9.91. The quantitative estimate of drug-likeness (QED) is 0.365. The van der Waals surface area contributed by atoms with Crippen molar-refractivity contribution in [2.24, 2.45) is 5.92 Å². The van der Waals surface area contributed by atoms with Gasteiger partial charge in [0, 0.05) is 54.0 Å². The van der Waals surface area contributed by atoms with E-state index in [1.54, 1.807) is 0 Å². The first-order chi connectivity index (χ1) is 23.5. The van der Waals surface area contributed by atoms with Crippen LogP contribution in [-0.4, -0.2) is 94.7 Å². The molecule has 3 N–H and O–H groups in total. The van der Waals surface area contributed by atoms with E-state index in [0.717, 1.165) is 113 Å². The summed E-state index contributed by atoms with van der Waals surface area (Å²) in [4.78, 5) is 39.1. The van der Waals surface area contributed by atoms with Crippen molar-refractivity contribution >= 4 is 23.5 Å². The summed E-state index contributed by atoms with van der Waals surface area (Å²) in [6.07, 6.45) is 10.7. The Labute approximate surface area is 284 Å². The summed E-state index contributed by atoms with van der Waals surface area (Å²) in [7, 11) is 0. The summed E-state index contributed by atoms with van der Waals surface area (Å²) in [6, 6.07) is 5.16. The number of carboxylic acids is 1. The van der Waals surface area contributed by atoms with E-state index < -0.39 is 12.1 Å². The van der Waals surface area contributed by atoms with E-state index in [-0.39, 0.29) is 29.9 Å². The van der Waals surface area contributed by atoms with Crippen molar-refractivity contribution in [2.75, 3.05) is 37.6 Å². The molecule has 2 aromatic rings. The van der Waals surface area contributed by atoms with Crippen LogP contribution in [0.15, 0.2) is 24.5 Å². The van der Waals surface area contributed by atoms with Gasteiger partial charge in [-0.1, -0.05) is 0 Å². The van der Waals surface area contributed by atoms with Crippen LogP contribution in [0.1, 0.15) is 82.7 Å². The fourth-order valence-electron chi connectivity index (χ4n) is 7.15. The van der Waals surface area contributed by atoms with Crippen LogP contribution in [-0.2, 0) is 20.8 Å². The summed E-state index contributed by atoms with van der Waals surface area (Å²) < 4.78 is 40.6. The molecular weight excluding hydrogens is 641 g/mol. The van der Waals surface area contributed by atoms with Crippen molar-refractivity contribution < 1.29 is 37.4 Å². The Morgan fingerprint density at radius 2 is 1.71 bits per heavy atom.